The summed E-state index contributed by atoms with van der Waals surface area (Å²) in [6, 6.07) is 13.3. The molecular formula is C22H22FNOS. The topological polar surface area (TPSA) is 29.1 Å². The molecule has 4 rings (SSSR count). The third-order valence-corrected chi connectivity index (χ3v) is 6.13. The number of carbonyl (C=O) groups excluding carboxylic acids is 1. The number of hydrogen-bond donors (Lipinski definition) is 1. The molecule has 0 spiro atoms. The number of ketones is 1. The van der Waals surface area contributed by atoms with E-state index >= 15 is 4.39 Å². The largest absolute Gasteiger partial charge is 0.307 e. The molecule has 0 bridgehead atoms. The van der Waals surface area contributed by atoms with Gasteiger partial charge in [0.15, 0.2) is 5.78 Å². The first-order chi connectivity index (χ1) is 12.7. The van der Waals surface area contributed by atoms with Gasteiger partial charge in [0.05, 0.1) is 6.04 Å². The quantitative estimate of drug-likeness (QED) is 0.673. The predicted molar refractivity (Wildman–Crippen MR) is 106 cm³/mol. The van der Waals surface area contributed by atoms with Crippen LogP contribution in [0.2, 0.25) is 0 Å². The molecule has 134 valence electrons. The highest BCUT2D eigenvalue weighted by molar-refractivity contribution is 7.17. The lowest BCUT2D eigenvalue weighted by Crippen LogP contribution is -2.37. The average molecular weight is 367 g/mol. The zero-order valence-electron chi connectivity index (χ0n) is 14.6. The van der Waals surface area contributed by atoms with Crippen molar-refractivity contribution in [3.63, 3.8) is 0 Å². The maximum Gasteiger partial charge on any atom is 0.154 e. The molecule has 1 aromatic heterocycles. The van der Waals surface area contributed by atoms with E-state index in [4.69, 9.17) is 0 Å². The minimum atomic E-state index is -0.266. The van der Waals surface area contributed by atoms with E-state index in [9.17, 15) is 4.79 Å². The highest BCUT2D eigenvalue weighted by Gasteiger charge is 2.22. The van der Waals surface area contributed by atoms with Gasteiger partial charge in [-0.2, -0.15) is 0 Å². The van der Waals surface area contributed by atoms with Gasteiger partial charge in [-0.3, -0.25) is 4.79 Å². The molecule has 1 atom stereocenters. The molecule has 4 heteroatoms. The van der Waals surface area contributed by atoms with Crippen molar-refractivity contribution in [2.75, 3.05) is 6.54 Å². The van der Waals surface area contributed by atoms with Crippen LogP contribution in [0.3, 0.4) is 0 Å². The smallest absolute Gasteiger partial charge is 0.154 e. The van der Waals surface area contributed by atoms with Crippen LogP contribution in [0.5, 0.6) is 0 Å². The van der Waals surface area contributed by atoms with Gasteiger partial charge in [-0.25, -0.2) is 4.39 Å². The molecule has 1 N–H and O–H groups in total. The normalized spacial score (nSPS) is 18.0. The minimum absolute atomic E-state index is 0.0955. The van der Waals surface area contributed by atoms with Gasteiger partial charge in [0.25, 0.3) is 0 Å². The fourth-order valence-corrected chi connectivity index (χ4v) is 4.69. The summed E-state index contributed by atoms with van der Waals surface area (Å²) in [5.74, 6) is -0.170. The molecular weight excluding hydrogens is 345 g/mol. The molecule has 26 heavy (non-hydrogen) atoms. The van der Waals surface area contributed by atoms with E-state index in [0.717, 1.165) is 47.9 Å². The second-order valence-electron chi connectivity index (χ2n) is 6.92. The summed E-state index contributed by atoms with van der Waals surface area (Å²) in [5, 5.41) is 6.38. The zero-order chi connectivity index (χ0) is 17.9. The number of benzene rings is 2. The van der Waals surface area contributed by atoms with Crippen LogP contribution in [0, 0.1) is 5.82 Å². The molecule has 1 aliphatic rings. The van der Waals surface area contributed by atoms with Gasteiger partial charge in [-0.15, -0.1) is 11.3 Å². The van der Waals surface area contributed by atoms with Crippen LogP contribution in [-0.4, -0.2) is 18.4 Å². The Balaban J connectivity index is 1.62. The average Bonchev–Trinajstić information content (AvgIpc) is 2.88. The Morgan fingerprint density at radius 1 is 1.08 bits per heavy atom. The molecule has 1 aliphatic heterocycles. The zero-order valence-corrected chi connectivity index (χ0v) is 15.4. The first-order valence-corrected chi connectivity index (χ1v) is 10.1. The molecule has 0 saturated carbocycles. The summed E-state index contributed by atoms with van der Waals surface area (Å²) in [5.41, 5.74) is 1.99. The maximum absolute atomic E-state index is 15.2. The Morgan fingerprint density at radius 3 is 2.88 bits per heavy atom. The van der Waals surface area contributed by atoms with Gasteiger partial charge < -0.3 is 5.32 Å². The van der Waals surface area contributed by atoms with Gasteiger partial charge in [-0.05, 0) is 36.4 Å². The van der Waals surface area contributed by atoms with Crippen molar-refractivity contribution in [3.05, 3.63) is 59.2 Å². The fourth-order valence-electron chi connectivity index (χ4n) is 3.73. The lowest BCUT2D eigenvalue weighted by Gasteiger charge is -2.15. The Bertz CT molecular complexity index is 925. The predicted octanol–water partition coefficient (Wildman–Crippen LogP) is 5.35. The van der Waals surface area contributed by atoms with Crippen molar-refractivity contribution < 1.29 is 9.18 Å². The van der Waals surface area contributed by atoms with Crippen LogP contribution in [0.1, 0.15) is 31.2 Å². The van der Waals surface area contributed by atoms with E-state index in [1.165, 1.54) is 0 Å². The monoisotopic (exact) mass is 367 g/mol. The van der Waals surface area contributed by atoms with Crippen LogP contribution in [0.25, 0.3) is 21.2 Å². The highest BCUT2D eigenvalue weighted by Crippen LogP contribution is 2.36. The van der Waals surface area contributed by atoms with Crippen LogP contribution < -0.4 is 5.32 Å². The van der Waals surface area contributed by atoms with E-state index in [1.54, 1.807) is 17.4 Å². The second kappa shape index (κ2) is 7.68. The van der Waals surface area contributed by atoms with Crippen LogP contribution in [0.15, 0.2) is 47.8 Å². The van der Waals surface area contributed by atoms with Gasteiger partial charge in [-0.1, -0.05) is 49.2 Å². The van der Waals surface area contributed by atoms with Gasteiger partial charge in [0.2, 0.25) is 0 Å². The van der Waals surface area contributed by atoms with Crippen LogP contribution >= 0.6 is 11.3 Å². The molecule has 2 heterocycles. The molecule has 3 aromatic rings. The Labute approximate surface area is 157 Å². The third-order valence-electron chi connectivity index (χ3n) is 5.16. The maximum atomic E-state index is 15.2. The number of nitrogens with one attached hydrogen (secondary N) is 1. The molecule has 1 saturated heterocycles. The standard InChI is InChI=1S/C22H22FNOS/c23-22-15(13-20(25)19-10-2-1-5-12-24-19)7-6-9-17(22)18-14-26-21-11-4-3-8-16(18)21/h3-4,6-9,11,14,19,24H,1-2,5,10,12-13H2/t19-/m0/s1. The van der Waals surface area contributed by atoms with Crippen molar-refractivity contribution in [1.29, 1.82) is 0 Å². The Hall–Kier alpha value is -2.04. The number of fused-ring (bicyclic) bond motifs is 1. The number of carbonyl (C=O) groups is 1. The van der Waals surface area contributed by atoms with E-state index in [1.807, 2.05) is 41.8 Å². The number of rotatable bonds is 4. The van der Waals surface area contributed by atoms with Crippen LogP contribution in [-0.2, 0) is 11.2 Å². The van der Waals surface area contributed by atoms with E-state index < -0.39 is 0 Å². The summed E-state index contributed by atoms with van der Waals surface area (Å²) in [6.45, 7) is 0.875. The van der Waals surface area contributed by atoms with Crippen molar-refractivity contribution >= 4 is 27.2 Å². The SMILES string of the molecule is O=C(Cc1cccc(-c2csc3ccccc23)c1F)[C@@H]1CCCCCN1. The van der Waals surface area contributed by atoms with Gasteiger partial charge >= 0.3 is 0 Å². The second-order valence-corrected chi connectivity index (χ2v) is 7.83. The lowest BCUT2D eigenvalue weighted by molar-refractivity contribution is -0.120. The summed E-state index contributed by atoms with van der Waals surface area (Å²) >= 11 is 1.62. The van der Waals surface area contributed by atoms with Gasteiger partial charge in [0, 0.05) is 27.6 Å². The third kappa shape index (κ3) is 3.44. The van der Waals surface area contributed by atoms with Crippen molar-refractivity contribution in [1.82, 2.24) is 5.32 Å². The number of Topliss-reactive ketones (excluding diaryl/α,β-unsaturated/α-hetero) is 1. The summed E-state index contributed by atoms with van der Waals surface area (Å²) in [4.78, 5) is 12.7. The molecule has 0 amide bonds. The first kappa shape index (κ1) is 17.4. The highest BCUT2D eigenvalue weighted by atomic mass is 32.1. The van der Waals surface area contributed by atoms with Crippen molar-refractivity contribution in [2.45, 2.75) is 38.1 Å². The van der Waals surface area contributed by atoms with E-state index in [-0.39, 0.29) is 24.1 Å². The summed E-state index contributed by atoms with van der Waals surface area (Å²) < 4.78 is 16.3. The van der Waals surface area contributed by atoms with E-state index in [2.05, 4.69) is 5.32 Å². The fraction of sp³-hybridized carbons (Fsp3) is 0.318. The van der Waals surface area contributed by atoms with Crippen LogP contribution in [0.4, 0.5) is 4.39 Å². The molecule has 1 fully saturated rings. The molecule has 0 radical (unpaired) electrons. The Morgan fingerprint density at radius 2 is 1.96 bits per heavy atom. The molecule has 2 aromatic carbocycles. The Kier molecular flexibility index (Phi) is 5.14. The van der Waals surface area contributed by atoms with Gasteiger partial charge in [0.1, 0.15) is 5.82 Å². The van der Waals surface area contributed by atoms with Crippen molar-refractivity contribution in [3.8, 4) is 11.1 Å². The molecule has 0 unspecified atom stereocenters. The number of thiophene rings is 1. The molecule has 2 nitrogen and oxygen atoms in total. The summed E-state index contributed by atoms with van der Waals surface area (Å²) in [7, 11) is 0. The van der Waals surface area contributed by atoms with Crippen molar-refractivity contribution in [2.24, 2.45) is 0 Å². The number of hydrogen-bond acceptors (Lipinski definition) is 3. The lowest BCUT2D eigenvalue weighted by atomic mass is 9.96. The molecule has 0 aliphatic carbocycles. The first-order valence-electron chi connectivity index (χ1n) is 9.24. The summed E-state index contributed by atoms with van der Waals surface area (Å²) in [6.07, 6.45) is 4.34. The van der Waals surface area contributed by atoms with E-state index in [0.29, 0.717) is 11.1 Å². The minimum Gasteiger partial charge on any atom is -0.307 e. The number of halogens is 1.